The highest BCUT2D eigenvalue weighted by Crippen LogP contribution is 2.09. The topological polar surface area (TPSA) is 73.3 Å². The van der Waals surface area contributed by atoms with Gasteiger partial charge in [0.1, 0.15) is 0 Å². The van der Waals surface area contributed by atoms with Crippen LogP contribution in [0.25, 0.3) is 0 Å². The molecule has 25 heavy (non-hydrogen) atoms. The summed E-state index contributed by atoms with van der Waals surface area (Å²) in [6, 6.07) is 10.0. The van der Waals surface area contributed by atoms with Gasteiger partial charge in [-0.15, -0.1) is 0 Å². The second kappa shape index (κ2) is 9.50. The minimum absolute atomic E-state index is 0.0341. The SMILES string of the molecule is CN(CC(=O)N1CCO[C@H](CN(C)CC(=O)O)C1)Cc1ccccc1. The maximum atomic E-state index is 12.5. The fraction of sp³-hybridized carbons (Fsp3) is 0.556. The molecule has 1 amide bonds. The van der Waals surface area contributed by atoms with Crippen molar-refractivity contribution < 1.29 is 19.4 Å². The quantitative estimate of drug-likeness (QED) is 0.731. The van der Waals surface area contributed by atoms with Crippen LogP contribution in [0.5, 0.6) is 0 Å². The number of aliphatic carboxylic acids is 1. The van der Waals surface area contributed by atoms with Crippen molar-refractivity contribution in [2.45, 2.75) is 12.6 Å². The fourth-order valence-electron chi connectivity index (χ4n) is 2.98. The lowest BCUT2D eigenvalue weighted by Crippen LogP contribution is -2.51. The van der Waals surface area contributed by atoms with E-state index in [1.54, 1.807) is 11.9 Å². The number of nitrogens with zero attached hydrogens (tertiary/aromatic N) is 3. The molecule has 2 rings (SSSR count). The van der Waals surface area contributed by atoms with Gasteiger partial charge < -0.3 is 14.7 Å². The summed E-state index contributed by atoms with van der Waals surface area (Å²) < 4.78 is 5.67. The first-order chi connectivity index (χ1) is 11.9. The van der Waals surface area contributed by atoms with Crippen molar-refractivity contribution in [1.82, 2.24) is 14.7 Å². The molecule has 1 heterocycles. The van der Waals surface area contributed by atoms with Crippen LogP contribution in [0.15, 0.2) is 30.3 Å². The molecule has 0 spiro atoms. The lowest BCUT2D eigenvalue weighted by molar-refractivity contribution is -0.143. The zero-order valence-electron chi connectivity index (χ0n) is 14.9. The number of carboxylic acid groups (broad SMARTS) is 1. The second-order valence-electron chi connectivity index (χ2n) is 6.58. The number of morpholine rings is 1. The van der Waals surface area contributed by atoms with Crippen LogP contribution in [0.1, 0.15) is 5.56 Å². The molecule has 1 fully saturated rings. The average Bonchev–Trinajstić information content (AvgIpc) is 2.55. The molecule has 0 bridgehead atoms. The van der Waals surface area contributed by atoms with Gasteiger partial charge in [0.2, 0.25) is 5.91 Å². The van der Waals surface area contributed by atoms with E-state index >= 15 is 0 Å². The first-order valence-corrected chi connectivity index (χ1v) is 8.46. The Balaban J connectivity index is 1.79. The number of likely N-dealkylation sites (N-methyl/N-ethyl adjacent to an activating group) is 2. The minimum Gasteiger partial charge on any atom is -0.480 e. The van der Waals surface area contributed by atoms with Gasteiger partial charge in [0.05, 0.1) is 25.8 Å². The van der Waals surface area contributed by atoms with Gasteiger partial charge in [0.25, 0.3) is 0 Å². The lowest BCUT2D eigenvalue weighted by atomic mass is 10.2. The third-order valence-electron chi connectivity index (χ3n) is 4.11. The Morgan fingerprint density at radius 3 is 2.60 bits per heavy atom. The molecule has 1 aliphatic heterocycles. The van der Waals surface area contributed by atoms with Crippen molar-refractivity contribution in [2.75, 3.05) is 53.4 Å². The summed E-state index contributed by atoms with van der Waals surface area (Å²) in [7, 11) is 3.68. The number of amides is 1. The maximum Gasteiger partial charge on any atom is 0.317 e. The summed E-state index contributed by atoms with van der Waals surface area (Å²) in [5.41, 5.74) is 1.17. The number of ether oxygens (including phenoxy) is 1. The maximum absolute atomic E-state index is 12.5. The molecule has 138 valence electrons. The Labute approximate surface area is 148 Å². The highest BCUT2D eigenvalue weighted by Gasteiger charge is 2.26. The molecule has 7 heteroatoms. The Bertz CT molecular complexity index is 567. The number of benzene rings is 1. The van der Waals surface area contributed by atoms with Crippen LogP contribution in [0.4, 0.5) is 0 Å². The first-order valence-electron chi connectivity index (χ1n) is 8.46. The average molecular weight is 349 g/mol. The van der Waals surface area contributed by atoms with Crippen LogP contribution in [-0.2, 0) is 20.9 Å². The summed E-state index contributed by atoms with van der Waals surface area (Å²) in [5.74, 6) is -0.790. The van der Waals surface area contributed by atoms with Crippen molar-refractivity contribution in [1.29, 1.82) is 0 Å². The molecule has 1 saturated heterocycles. The standard InChI is InChI=1S/C18H27N3O4/c1-19(10-15-6-4-3-5-7-15)13-17(22)21-8-9-25-16(12-21)11-20(2)14-18(23)24/h3-7,16H,8-14H2,1-2H3,(H,23,24)/t16-/m1/s1. The first kappa shape index (κ1) is 19.4. The summed E-state index contributed by atoms with van der Waals surface area (Å²) in [6.07, 6.45) is -0.151. The van der Waals surface area contributed by atoms with E-state index < -0.39 is 5.97 Å². The third kappa shape index (κ3) is 6.81. The van der Waals surface area contributed by atoms with Gasteiger partial charge in [0.15, 0.2) is 0 Å². The van der Waals surface area contributed by atoms with Crippen molar-refractivity contribution in [3.05, 3.63) is 35.9 Å². The summed E-state index contributed by atoms with van der Waals surface area (Å²) in [5, 5.41) is 8.82. The van der Waals surface area contributed by atoms with Crippen LogP contribution in [-0.4, -0.2) is 91.2 Å². The molecule has 0 aromatic heterocycles. The molecule has 0 radical (unpaired) electrons. The zero-order valence-corrected chi connectivity index (χ0v) is 14.9. The normalized spacial score (nSPS) is 17.9. The van der Waals surface area contributed by atoms with E-state index in [0.717, 1.165) is 6.54 Å². The van der Waals surface area contributed by atoms with E-state index in [1.807, 2.05) is 47.2 Å². The van der Waals surface area contributed by atoms with Crippen LogP contribution < -0.4 is 0 Å². The number of carbonyl (C=O) groups is 2. The van der Waals surface area contributed by atoms with Gasteiger partial charge in [-0.25, -0.2) is 0 Å². The molecule has 1 aromatic rings. The molecule has 0 aliphatic carbocycles. The minimum atomic E-state index is -0.867. The smallest absolute Gasteiger partial charge is 0.317 e. The second-order valence-corrected chi connectivity index (χ2v) is 6.58. The van der Waals surface area contributed by atoms with Crippen LogP contribution >= 0.6 is 0 Å². The van der Waals surface area contributed by atoms with E-state index in [1.165, 1.54) is 5.56 Å². The molecule has 1 atom stereocenters. The highest BCUT2D eigenvalue weighted by atomic mass is 16.5. The number of carbonyl (C=O) groups excluding carboxylic acids is 1. The number of hydrogen-bond acceptors (Lipinski definition) is 5. The molecule has 1 N–H and O–H groups in total. The van der Waals surface area contributed by atoms with Gasteiger partial charge in [-0.05, 0) is 19.7 Å². The lowest BCUT2D eigenvalue weighted by Gasteiger charge is -2.35. The van der Waals surface area contributed by atoms with Gasteiger partial charge in [0, 0.05) is 26.2 Å². The van der Waals surface area contributed by atoms with Crippen molar-refractivity contribution in [3.8, 4) is 0 Å². The van der Waals surface area contributed by atoms with Crippen molar-refractivity contribution in [2.24, 2.45) is 0 Å². The Morgan fingerprint density at radius 2 is 1.92 bits per heavy atom. The van der Waals surface area contributed by atoms with E-state index in [0.29, 0.717) is 32.8 Å². The van der Waals surface area contributed by atoms with E-state index in [9.17, 15) is 9.59 Å². The largest absolute Gasteiger partial charge is 0.480 e. The summed E-state index contributed by atoms with van der Waals surface area (Å²) in [6.45, 7) is 3.11. The third-order valence-corrected chi connectivity index (χ3v) is 4.11. The summed E-state index contributed by atoms with van der Waals surface area (Å²) in [4.78, 5) is 28.8. The van der Waals surface area contributed by atoms with Crippen LogP contribution in [0.2, 0.25) is 0 Å². The number of rotatable bonds is 8. The predicted molar refractivity (Wildman–Crippen MR) is 94.2 cm³/mol. The van der Waals surface area contributed by atoms with Crippen molar-refractivity contribution in [3.63, 3.8) is 0 Å². The molecule has 1 aliphatic rings. The van der Waals surface area contributed by atoms with Crippen molar-refractivity contribution >= 4 is 11.9 Å². The van der Waals surface area contributed by atoms with Gasteiger partial charge >= 0.3 is 5.97 Å². The number of hydrogen-bond donors (Lipinski definition) is 1. The monoisotopic (exact) mass is 349 g/mol. The highest BCUT2D eigenvalue weighted by molar-refractivity contribution is 5.78. The Kier molecular flexibility index (Phi) is 7.36. The van der Waals surface area contributed by atoms with E-state index in [2.05, 4.69) is 0 Å². The molecule has 0 saturated carbocycles. The van der Waals surface area contributed by atoms with Crippen LogP contribution in [0, 0.1) is 0 Å². The van der Waals surface area contributed by atoms with Gasteiger partial charge in [-0.2, -0.15) is 0 Å². The number of carboxylic acids is 1. The molecule has 1 aromatic carbocycles. The van der Waals surface area contributed by atoms with Gasteiger partial charge in [-0.3, -0.25) is 19.4 Å². The molecule has 0 unspecified atom stereocenters. The Hall–Kier alpha value is -1.96. The fourth-order valence-corrected chi connectivity index (χ4v) is 2.98. The predicted octanol–water partition coefficient (Wildman–Crippen LogP) is 0.362. The Morgan fingerprint density at radius 1 is 1.20 bits per heavy atom. The summed E-state index contributed by atoms with van der Waals surface area (Å²) >= 11 is 0. The van der Waals surface area contributed by atoms with Crippen LogP contribution in [0.3, 0.4) is 0 Å². The molecular weight excluding hydrogens is 322 g/mol. The van der Waals surface area contributed by atoms with E-state index in [-0.39, 0.29) is 18.6 Å². The zero-order chi connectivity index (χ0) is 18.2. The molecular formula is C18H27N3O4. The van der Waals surface area contributed by atoms with E-state index in [4.69, 9.17) is 9.84 Å². The molecule has 7 nitrogen and oxygen atoms in total. The van der Waals surface area contributed by atoms with Gasteiger partial charge in [-0.1, -0.05) is 30.3 Å².